The molecule has 1 saturated heterocycles. The van der Waals surface area contributed by atoms with Gasteiger partial charge in [-0.25, -0.2) is 0 Å². The van der Waals surface area contributed by atoms with Crippen molar-refractivity contribution >= 4 is 24.0 Å². The van der Waals surface area contributed by atoms with Crippen LogP contribution in [0.4, 0.5) is 0 Å². The van der Waals surface area contributed by atoms with Crippen LogP contribution in [0.1, 0.15) is 34.5 Å². The molecule has 166 valence electrons. The van der Waals surface area contributed by atoms with Gasteiger partial charge in [0.05, 0.1) is 18.4 Å². The van der Waals surface area contributed by atoms with Gasteiger partial charge in [-0.1, -0.05) is 25.3 Å². The Bertz CT molecular complexity index is 1080. The van der Waals surface area contributed by atoms with Gasteiger partial charge in [-0.3, -0.25) is 14.6 Å². The number of amides is 2. The molecule has 32 heavy (non-hydrogen) atoms. The van der Waals surface area contributed by atoms with Crippen molar-refractivity contribution in [2.75, 3.05) is 33.3 Å². The van der Waals surface area contributed by atoms with Crippen LogP contribution in [0.2, 0.25) is 0 Å². The molecule has 1 aliphatic carbocycles. The predicted octanol–water partition coefficient (Wildman–Crippen LogP) is 2.85. The number of hydrogen-bond donors (Lipinski definition) is 1. The van der Waals surface area contributed by atoms with E-state index in [-0.39, 0.29) is 11.8 Å². The summed E-state index contributed by atoms with van der Waals surface area (Å²) < 4.78 is 5.53. The third kappa shape index (κ3) is 4.03. The third-order valence-electron chi connectivity index (χ3n) is 6.10. The van der Waals surface area contributed by atoms with E-state index in [1.165, 1.54) is 7.11 Å². The molecule has 2 amide bonds. The minimum Gasteiger partial charge on any atom is -0.496 e. The van der Waals surface area contributed by atoms with Crippen LogP contribution in [-0.4, -0.2) is 70.6 Å². The SMILES string of the molecule is C=Cc1cc(-c2ccc(C(=O)N3CCN(C(=O)C4(O)CC4)CC3)c(OC)c2)cnc1C=C. The van der Waals surface area contributed by atoms with E-state index in [0.717, 1.165) is 22.4 Å². The molecule has 0 bridgehead atoms. The van der Waals surface area contributed by atoms with E-state index in [1.54, 1.807) is 34.2 Å². The van der Waals surface area contributed by atoms with Gasteiger partial charge < -0.3 is 19.6 Å². The lowest BCUT2D eigenvalue weighted by Crippen LogP contribution is -2.53. The molecule has 2 aliphatic rings. The van der Waals surface area contributed by atoms with Crippen molar-refractivity contribution < 1.29 is 19.4 Å². The second-order valence-corrected chi connectivity index (χ2v) is 8.14. The molecule has 0 atom stereocenters. The number of rotatable bonds is 6. The largest absolute Gasteiger partial charge is 0.496 e. The summed E-state index contributed by atoms with van der Waals surface area (Å²) in [6.07, 6.45) is 6.21. The number of carbonyl (C=O) groups is 2. The van der Waals surface area contributed by atoms with E-state index in [4.69, 9.17) is 4.74 Å². The molecule has 7 heteroatoms. The number of ether oxygens (including phenoxy) is 1. The van der Waals surface area contributed by atoms with Crippen molar-refractivity contribution in [3.8, 4) is 16.9 Å². The van der Waals surface area contributed by atoms with E-state index < -0.39 is 5.60 Å². The van der Waals surface area contributed by atoms with Gasteiger partial charge in [-0.15, -0.1) is 0 Å². The number of hydrogen-bond acceptors (Lipinski definition) is 5. The molecule has 1 saturated carbocycles. The number of nitrogens with zero attached hydrogens (tertiary/aromatic N) is 3. The van der Waals surface area contributed by atoms with Crippen LogP contribution in [0.3, 0.4) is 0 Å². The number of pyridine rings is 1. The molecule has 1 aromatic heterocycles. The normalized spacial score (nSPS) is 16.9. The summed E-state index contributed by atoms with van der Waals surface area (Å²) in [4.78, 5) is 33.3. The number of piperazine rings is 1. The molecular weight excluding hydrogens is 406 g/mol. The number of benzene rings is 1. The zero-order valence-electron chi connectivity index (χ0n) is 18.2. The van der Waals surface area contributed by atoms with Crippen molar-refractivity contribution in [3.05, 3.63) is 60.4 Å². The fraction of sp³-hybridized carbons (Fsp3) is 0.320. The Kier molecular flexibility index (Phi) is 5.84. The summed E-state index contributed by atoms with van der Waals surface area (Å²) >= 11 is 0. The average molecular weight is 434 g/mol. The molecule has 1 aromatic carbocycles. The van der Waals surface area contributed by atoms with Crippen molar-refractivity contribution in [2.24, 2.45) is 0 Å². The van der Waals surface area contributed by atoms with Crippen molar-refractivity contribution in [2.45, 2.75) is 18.4 Å². The van der Waals surface area contributed by atoms with Gasteiger partial charge in [-0.2, -0.15) is 0 Å². The highest BCUT2D eigenvalue weighted by Gasteiger charge is 2.50. The summed E-state index contributed by atoms with van der Waals surface area (Å²) in [5.74, 6) is 0.116. The topological polar surface area (TPSA) is 83.0 Å². The van der Waals surface area contributed by atoms with E-state index in [2.05, 4.69) is 18.1 Å². The summed E-state index contributed by atoms with van der Waals surface area (Å²) in [5.41, 5.74) is 2.69. The van der Waals surface area contributed by atoms with Gasteiger partial charge >= 0.3 is 0 Å². The van der Waals surface area contributed by atoms with Gasteiger partial charge in [0, 0.05) is 43.5 Å². The van der Waals surface area contributed by atoms with E-state index in [0.29, 0.717) is 50.3 Å². The summed E-state index contributed by atoms with van der Waals surface area (Å²) in [6.45, 7) is 9.26. The number of aliphatic hydroxyl groups is 1. The summed E-state index contributed by atoms with van der Waals surface area (Å²) in [5, 5.41) is 10.1. The third-order valence-corrected chi connectivity index (χ3v) is 6.10. The number of carbonyl (C=O) groups excluding carboxylic acids is 2. The average Bonchev–Trinajstić information content (AvgIpc) is 3.60. The Morgan fingerprint density at radius 3 is 2.34 bits per heavy atom. The lowest BCUT2D eigenvalue weighted by atomic mass is 10.0. The molecule has 2 heterocycles. The maximum atomic E-state index is 13.2. The summed E-state index contributed by atoms with van der Waals surface area (Å²) in [6, 6.07) is 7.43. The quantitative estimate of drug-likeness (QED) is 0.758. The first-order valence-electron chi connectivity index (χ1n) is 10.6. The lowest BCUT2D eigenvalue weighted by molar-refractivity contribution is -0.143. The van der Waals surface area contributed by atoms with E-state index >= 15 is 0 Å². The minimum absolute atomic E-state index is 0.141. The fourth-order valence-electron chi connectivity index (χ4n) is 3.94. The fourth-order valence-corrected chi connectivity index (χ4v) is 3.94. The molecule has 2 aromatic rings. The molecule has 0 radical (unpaired) electrons. The second kappa shape index (κ2) is 8.59. The maximum Gasteiger partial charge on any atom is 0.257 e. The van der Waals surface area contributed by atoms with E-state index in [1.807, 2.05) is 18.2 Å². The van der Waals surface area contributed by atoms with Crippen LogP contribution < -0.4 is 4.74 Å². The first-order chi connectivity index (χ1) is 15.4. The van der Waals surface area contributed by atoms with Gasteiger partial charge in [0.25, 0.3) is 11.8 Å². The smallest absolute Gasteiger partial charge is 0.257 e. The molecule has 0 spiro atoms. The van der Waals surface area contributed by atoms with Gasteiger partial charge in [-0.05, 0) is 42.7 Å². The van der Waals surface area contributed by atoms with Crippen LogP contribution in [0.5, 0.6) is 5.75 Å². The number of aromatic nitrogens is 1. The molecule has 7 nitrogen and oxygen atoms in total. The Morgan fingerprint density at radius 2 is 1.75 bits per heavy atom. The van der Waals surface area contributed by atoms with Crippen molar-refractivity contribution in [1.29, 1.82) is 0 Å². The highest BCUT2D eigenvalue weighted by atomic mass is 16.5. The first-order valence-corrected chi connectivity index (χ1v) is 10.6. The van der Waals surface area contributed by atoms with Crippen LogP contribution in [0, 0.1) is 0 Å². The Balaban J connectivity index is 1.51. The molecule has 2 fully saturated rings. The highest BCUT2D eigenvalue weighted by Crippen LogP contribution is 2.37. The van der Waals surface area contributed by atoms with Crippen LogP contribution in [-0.2, 0) is 4.79 Å². The van der Waals surface area contributed by atoms with Crippen molar-refractivity contribution in [3.63, 3.8) is 0 Å². The predicted molar refractivity (Wildman–Crippen MR) is 123 cm³/mol. The lowest BCUT2D eigenvalue weighted by Gasteiger charge is -2.36. The second-order valence-electron chi connectivity index (χ2n) is 8.14. The molecule has 1 N–H and O–H groups in total. The van der Waals surface area contributed by atoms with Crippen LogP contribution in [0.25, 0.3) is 23.3 Å². The standard InChI is InChI=1S/C25H27N3O4/c1-4-17-14-19(16-26-21(17)5-2)18-6-7-20(22(15-18)32-3)23(29)27-10-12-28(13-11-27)24(30)25(31)8-9-25/h4-7,14-16,31H,1-2,8-13H2,3H3. The van der Waals surface area contributed by atoms with Crippen molar-refractivity contribution in [1.82, 2.24) is 14.8 Å². The van der Waals surface area contributed by atoms with Crippen LogP contribution >= 0.6 is 0 Å². The monoisotopic (exact) mass is 433 g/mol. The number of methoxy groups -OCH3 is 1. The molecular formula is C25H27N3O4. The highest BCUT2D eigenvalue weighted by molar-refractivity contribution is 5.98. The van der Waals surface area contributed by atoms with Crippen LogP contribution in [0.15, 0.2) is 43.6 Å². The first kappa shape index (κ1) is 21.8. The molecule has 0 unspecified atom stereocenters. The summed E-state index contributed by atoms with van der Waals surface area (Å²) in [7, 11) is 1.54. The zero-order valence-corrected chi connectivity index (χ0v) is 18.2. The van der Waals surface area contributed by atoms with Gasteiger partial charge in [0.15, 0.2) is 0 Å². The zero-order chi connectivity index (χ0) is 22.9. The Morgan fingerprint density at radius 1 is 1.06 bits per heavy atom. The van der Waals surface area contributed by atoms with E-state index in [9.17, 15) is 14.7 Å². The molecule has 1 aliphatic heterocycles. The van der Waals surface area contributed by atoms with Gasteiger partial charge in [0.1, 0.15) is 11.4 Å². The molecule has 4 rings (SSSR count). The minimum atomic E-state index is -1.17. The Hall–Kier alpha value is -3.45. The Labute approximate surface area is 187 Å². The maximum absolute atomic E-state index is 13.2. The van der Waals surface area contributed by atoms with Gasteiger partial charge in [0.2, 0.25) is 0 Å².